The first-order valence-electron chi connectivity index (χ1n) is 7.98. The van der Waals surface area contributed by atoms with Gasteiger partial charge in [0.25, 0.3) is 5.91 Å². The Morgan fingerprint density at radius 2 is 1.81 bits per heavy atom. The average molecular weight is 410 g/mol. The van der Waals surface area contributed by atoms with Crippen LogP contribution in [0, 0.1) is 6.92 Å². The SMILES string of the molecule is Cc1ccc(Cl)cc1NC(=O)CNC(=O)c1cccc(S(=O)(=O)N(C)C)c1. The number of hydrogen-bond donors (Lipinski definition) is 2. The first kappa shape index (κ1) is 20.9. The van der Waals surface area contributed by atoms with E-state index in [2.05, 4.69) is 10.6 Å². The molecule has 0 radical (unpaired) electrons. The number of amides is 2. The molecule has 0 aliphatic heterocycles. The number of benzene rings is 2. The van der Waals surface area contributed by atoms with Gasteiger partial charge in [0.1, 0.15) is 0 Å². The molecule has 0 heterocycles. The maximum absolute atomic E-state index is 12.3. The summed E-state index contributed by atoms with van der Waals surface area (Å²) in [4.78, 5) is 24.3. The molecule has 2 aromatic rings. The van der Waals surface area contributed by atoms with Gasteiger partial charge in [0.2, 0.25) is 15.9 Å². The normalized spacial score (nSPS) is 11.3. The van der Waals surface area contributed by atoms with Gasteiger partial charge in [-0.3, -0.25) is 9.59 Å². The summed E-state index contributed by atoms with van der Waals surface area (Å²) in [7, 11) is -0.838. The highest BCUT2D eigenvalue weighted by Crippen LogP contribution is 2.20. The molecule has 27 heavy (non-hydrogen) atoms. The molecule has 0 aromatic heterocycles. The highest BCUT2D eigenvalue weighted by Gasteiger charge is 2.19. The van der Waals surface area contributed by atoms with E-state index in [-0.39, 0.29) is 17.0 Å². The molecule has 0 aliphatic rings. The van der Waals surface area contributed by atoms with Crippen LogP contribution in [0.3, 0.4) is 0 Å². The van der Waals surface area contributed by atoms with E-state index in [0.717, 1.165) is 9.87 Å². The number of rotatable bonds is 6. The van der Waals surface area contributed by atoms with Crippen molar-refractivity contribution in [2.75, 3.05) is 26.0 Å². The van der Waals surface area contributed by atoms with Crippen LogP contribution in [-0.2, 0) is 14.8 Å². The molecular weight excluding hydrogens is 390 g/mol. The summed E-state index contributed by atoms with van der Waals surface area (Å²) >= 11 is 5.91. The molecule has 0 aliphatic carbocycles. The zero-order valence-electron chi connectivity index (χ0n) is 15.1. The Bertz CT molecular complexity index is 974. The molecule has 2 amide bonds. The summed E-state index contributed by atoms with van der Waals surface area (Å²) < 4.78 is 25.4. The zero-order valence-corrected chi connectivity index (χ0v) is 16.7. The molecule has 0 saturated carbocycles. The maximum Gasteiger partial charge on any atom is 0.251 e. The minimum atomic E-state index is -3.65. The van der Waals surface area contributed by atoms with E-state index in [1.54, 1.807) is 18.2 Å². The Morgan fingerprint density at radius 1 is 1.11 bits per heavy atom. The molecule has 0 spiro atoms. The Labute approximate surface area is 163 Å². The van der Waals surface area contributed by atoms with E-state index in [1.165, 1.54) is 38.4 Å². The molecule has 0 atom stereocenters. The summed E-state index contributed by atoms with van der Waals surface area (Å²) in [6.07, 6.45) is 0. The van der Waals surface area contributed by atoms with Crippen molar-refractivity contribution in [3.63, 3.8) is 0 Å². The predicted molar refractivity (Wildman–Crippen MR) is 104 cm³/mol. The van der Waals surface area contributed by atoms with Crippen molar-refractivity contribution >= 4 is 39.1 Å². The fourth-order valence-electron chi connectivity index (χ4n) is 2.19. The average Bonchev–Trinajstić information content (AvgIpc) is 2.62. The Morgan fingerprint density at radius 3 is 2.48 bits per heavy atom. The van der Waals surface area contributed by atoms with Crippen molar-refractivity contribution in [1.82, 2.24) is 9.62 Å². The number of carbonyl (C=O) groups excluding carboxylic acids is 2. The van der Waals surface area contributed by atoms with Crippen molar-refractivity contribution < 1.29 is 18.0 Å². The maximum atomic E-state index is 12.3. The third kappa shape index (κ3) is 5.29. The van der Waals surface area contributed by atoms with Crippen LogP contribution in [0.4, 0.5) is 5.69 Å². The molecule has 7 nitrogen and oxygen atoms in total. The lowest BCUT2D eigenvalue weighted by atomic mass is 10.2. The monoisotopic (exact) mass is 409 g/mol. The summed E-state index contributed by atoms with van der Waals surface area (Å²) in [5.74, 6) is -0.977. The lowest BCUT2D eigenvalue weighted by molar-refractivity contribution is -0.115. The standard InChI is InChI=1S/C18H20ClN3O4S/c1-12-7-8-14(19)10-16(12)21-17(23)11-20-18(24)13-5-4-6-15(9-13)27(25,26)22(2)3/h4-10H,11H2,1-3H3,(H,20,24)(H,21,23). The smallest absolute Gasteiger partial charge is 0.251 e. The molecule has 0 bridgehead atoms. The number of aryl methyl sites for hydroxylation is 1. The highest BCUT2D eigenvalue weighted by molar-refractivity contribution is 7.89. The number of nitrogens with one attached hydrogen (secondary N) is 2. The number of carbonyl (C=O) groups is 2. The van der Waals surface area contributed by atoms with Crippen molar-refractivity contribution in [3.8, 4) is 0 Å². The molecule has 9 heteroatoms. The minimum absolute atomic E-state index is 0.000784. The molecule has 144 valence electrons. The van der Waals surface area contributed by atoms with Gasteiger partial charge in [0.15, 0.2) is 0 Å². The number of halogens is 1. The molecule has 0 fully saturated rings. The van der Waals surface area contributed by atoms with E-state index in [4.69, 9.17) is 11.6 Å². The Kier molecular flexibility index (Phi) is 6.59. The van der Waals surface area contributed by atoms with Gasteiger partial charge in [0, 0.05) is 30.4 Å². The predicted octanol–water partition coefficient (Wildman–Crippen LogP) is 2.27. The fraction of sp³-hybridized carbons (Fsp3) is 0.222. The van der Waals surface area contributed by atoms with Crippen LogP contribution in [0.5, 0.6) is 0 Å². The van der Waals surface area contributed by atoms with E-state index in [9.17, 15) is 18.0 Å². The number of nitrogens with zero attached hydrogens (tertiary/aromatic N) is 1. The van der Waals surface area contributed by atoms with Gasteiger partial charge in [-0.1, -0.05) is 23.7 Å². The molecule has 0 unspecified atom stereocenters. The lowest BCUT2D eigenvalue weighted by Gasteiger charge is -2.12. The Hall–Kier alpha value is -2.42. The highest BCUT2D eigenvalue weighted by atomic mass is 35.5. The van der Waals surface area contributed by atoms with Crippen LogP contribution in [-0.4, -0.2) is 45.2 Å². The van der Waals surface area contributed by atoms with E-state index in [1.807, 2.05) is 6.92 Å². The largest absolute Gasteiger partial charge is 0.343 e. The number of hydrogen-bond acceptors (Lipinski definition) is 4. The van der Waals surface area contributed by atoms with E-state index < -0.39 is 21.8 Å². The summed E-state index contributed by atoms with van der Waals surface area (Å²) in [5.41, 5.74) is 1.53. The molecular formula is C18H20ClN3O4S. The summed E-state index contributed by atoms with van der Waals surface area (Å²) in [6, 6.07) is 10.7. The first-order chi connectivity index (χ1) is 12.6. The minimum Gasteiger partial charge on any atom is -0.343 e. The number of anilines is 1. The molecule has 0 saturated heterocycles. The second-order valence-electron chi connectivity index (χ2n) is 6.01. The topological polar surface area (TPSA) is 95.6 Å². The molecule has 2 N–H and O–H groups in total. The first-order valence-corrected chi connectivity index (χ1v) is 9.80. The van der Waals surface area contributed by atoms with Crippen LogP contribution >= 0.6 is 11.6 Å². The van der Waals surface area contributed by atoms with Crippen LogP contribution in [0.15, 0.2) is 47.4 Å². The van der Waals surface area contributed by atoms with Crippen molar-refractivity contribution in [2.24, 2.45) is 0 Å². The quantitative estimate of drug-likeness (QED) is 0.764. The number of sulfonamides is 1. The molecule has 2 aromatic carbocycles. The van der Waals surface area contributed by atoms with Crippen LogP contribution in [0.1, 0.15) is 15.9 Å². The van der Waals surface area contributed by atoms with Gasteiger partial charge < -0.3 is 10.6 Å². The van der Waals surface area contributed by atoms with Gasteiger partial charge >= 0.3 is 0 Å². The van der Waals surface area contributed by atoms with Gasteiger partial charge in [-0.05, 0) is 42.8 Å². The Balaban J connectivity index is 2.03. The fourth-order valence-corrected chi connectivity index (χ4v) is 3.31. The van der Waals surface area contributed by atoms with Crippen LogP contribution in [0.2, 0.25) is 5.02 Å². The van der Waals surface area contributed by atoms with Crippen molar-refractivity contribution in [1.29, 1.82) is 0 Å². The van der Waals surface area contributed by atoms with Gasteiger partial charge in [-0.2, -0.15) is 0 Å². The van der Waals surface area contributed by atoms with Gasteiger partial charge in [-0.25, -0.2) is 12.7 Å². The summed E-state index contributed by atoms with van der Waals surface area (Å²) in [6.45, 7) is 1.55. The third-order valence-electron chi connectivity index (χ3n) is 3.76. The van der Waals surface area contributed by atoms with E-state index in [0.29, 0.717) is 10.7 Å². The van der Waals surface area contributed by atoms with Crippen molar-refractivity contribution in [3.05, 3.63) is 58.6 Å². The van der Waals surface area contributed by atoms with Gasteiger partial charge in [0.05, 0.1) is 11.4 Å². The zero-order chi connectivity index (χ0) is 20.2. The lowest BCUT2D eigenvalue weighted by Crippen LogP contribution is -2.33. The second kappa shape index (κ2) is 8.51. The summed E-state index contributed by atoms with van der Waals surface area (Å²) in [5, 5.41) is 5.62. The third-order valence-corrected chi connectivity index (χ3v) is 5.80. The van der Waals surface area contributed by atoms with Crippen LogP contribution < -0.4 is 10.6 Å². The molecule has 2 rings (SSSR count). The van der Waals surface area contributed by atoms with Crippen LogP contribution in [0.25, 0.3) is 0 Å². The van der Waals surface area contributed by atoms with E-state index >= 15 is 0 Å². The van der Waals surface area contributed by atoms with Gasteiger partial charge in [-0.15, -0.1) is 0 Å². The van der Waals surface area contributed by atoms with Crippen molar-refractivity contribution in [2.45, 2.75) is 11.8 Å². The second-order valence-corrected chi connectivity index (χ2v) is 8.59.